The normalized spacial score (nSPS) is 15.3. The zero-order valence-electron chi connectivity index (χ0n) is 20.6. The zero-order valence-corrected chi connectivity index (χ0v) is 21.5. The molecule has 1 saturated heterocycles. The Balaban J connectivity index is 1.50. The number of carboxylic acids is 1. The Morgan fingerprint density at radius 1 is 1.00 bits per heavy atom. The van der Waals surface area contributed by atoms with Gasteiger partial charge in [0.1, 0.15) is 12.4 Å². The molecule has 190 valence electrons. The minimum absolute atomic E-state index is 0.108. The molecule has 1 fully saturated rings. The molecule has 1 amide bonds. The van der Waals surface area contributed by atoms with Gasteiger partial charge in [0.05, 0.1) is 30.4 Å². The molecular weight excluding hydrogens is 492 g/mol. The maximum atomic E-state index is 13.0. The summed E-state index contributed by atoms with van der Waals surface area (Å²) in [4.78, 5) is 30.9. The highest BCUT2D eigenvalue weighted by Crippen LogP contribution is 2.36. The minimum atomic E-state index is -0.973. The Bertz CT molecular complexity index is 1350. The van der Waals surface area contributed by atoms with Gasteiger partial charge in [0.2, 0.25) is 0 Å². The van der Waals surface area contributed by atoms with Gasteiger partial charge in [-0.3, -0.25) is 9.69 Å². The summed E-state index contributed by atoms with van der Waals surface area (Å²) in [6, 6.07) is 19.3. The van der Waals surface area contributed by atoms with Crippen molar-refractivity contribution in [2.24, 2.45) is 4.99 Å². The van der Waals surface area contributed by atoms with Crippen LogP contribution in [0.25, 0.3) is 6.08 Å². The monoisotopic (exact) mass is 518 g/mol. The highest BCUT2D eigenvalue weighted by molar-refractivity contribution is 8.18. The largest absolute Gasteiger partial charge is 0.497 e. The van der Waals surface area contributed by atoms with Crippen LogP contribution in [0.1, 0.15) is 28.4 Å². The van der Waals surface area contributed by atoms with E-state index >= 15 is 0 Å². The van der Waals surface area contributed by atoms with Crippen molar-refractivity contribution in [2.75, 3.05) is 20.8 Å². The van der Waals surface area contributed by atoms with E-state index in [4.69, 9.17) is 19.3 Å². The second kappa shape index (κ2) is 11.7. The third kappa shape index (κ3) is 6.13. The van der Waals surface area contributed by atoms with Crippen molar-refractivity contribution in [2.45, 2.75) is 13.5 Å². The zero-order chi connectivity index (χ0) is 26.4. The molecule has 8 nitrogen and oxygen atoms in total. The lowest BCUT2D eigenvalue weighted by Gasteiger charge is -2.12. The van der Waals surface area contributed by atoms with E-state index in [2.05, 4.69) is 4.99 Å². The number of rotatable bonds is 9. The Hall–Kier alpha value is -4.24. The summed E-state index contributed by atoms with van der Waals surface area (Å²) < 4.78 is 16.6. The molecule has 1 aliphatic rings. The van der Waals surface area contributed by atoms with E-state index < -0.39 is 5.97 Å². The summed E-state index contributed by atoms with van der Waals surface area (Å²) in [6.07, 6.45) is 1.81. The van der Waals surface area contributed by atoms with E-state index in [0.29, 0.717) is 28.1 Å². The fraction of sp³-hybridized carbons (Fsp3) is 0.179. The Morgan fingerprint density at radius 3 is 2.35 bits per heavy atom. The molecule has 0 radical (unpaired) electrons. The van der Waals surface area contributed by atoms with Crippen molar-refractivity contribution in [3.8, 4) is 17.2 Å². The first-order valence-corrected chi connectivity index (χ1v) is 12.3. The van der Waals surface area contributed by atoms with E-state index in [0.717, 1.165) is 22.6 Å². The summed E-state index contributed by atoms with van der Waals surface area (Å²) in [5, 5.41) is 9.65. The molecule has 1 heterocycles. The predicted molar refractivity (Wildman–Crippen MR) is 144 cm³/mol. The fourth-order valence-corrected chi connectivity index (χ4v) is 4.65. The number of aromatic carboxylic acids is 1. The number of carboxylic acid groups (broad SMARTS) is 1. The molecule has 0 aromatic heterocycles. The van der Waals surface area contributed by atoms with Gasteiger partial charge < -0.3 is 19.3 Å². The van der Waals surface area contributed by atoms with Crippen molar-refractivity contribution in [1.29, 1.82) is 0 Å². The first-order valence-electron chi connectivity index (χ1n) is 11.5. The number of aliphatic imine (C=N–C) groups is 1. The van der Waals surface area contributed by atoms with Gasteiger partial charge in [0.15, 0.2) is 16.7 Å². The lowest BCUT2D eigenvalue weighted by Crippen LogP contribution is -2.28. The highest BCUT2D eigenvalue weighted by atomic mass is 32.2. The number of amides is 1. The number of carbonyl (C=O) groups excluding carboxylic acids is 1. The SMILES string of the molecule is CCN1C(=O)/C(=C/c2ccc(OCc3ccc(C(=O)O)cc3)c(OC)c2)SC1=Nc1ccc(OC)cc1. The average molecular weight is 519 g/mol. The van der Waals surface area contributed by atoms with E-state index in [1.807, 2.05) is 43.3 Å². The van der Waals surface area contributed by atoms with Gasteiger partial charge in [-0.15, -0.1) is 0 Å². The summed E-state index contributed by atoms with van der Waals surface area (Å²) in [6.45, 7) is 2.67. The maximum Gasteiger partial charge on any atom is 0.335 e. The number of methoxy groups -OCH3 is 2. The third-order valence-corrected chi connectivity index (χ3v) is 6.59. The molecule has 1 aliphatic heterocycles. The fourth-order valence-electron chi connectivity index (χ4n) is 3.59. The molecule has 4 rings (SSSR count). The number of amidine groups is 1. The number of thioether (sulfide) groups is 1. The lowest BCUT2D eigenvalue weighted by atomic mass is 10.1. The number of carbonyl (C=O) groups is 2. The molecule has 0 saturated carbocycles. The van der Waals surface area contributed by atoms with Gasteiger partial charge in [-0.25, -0.2) is 9.79 Å². The molecule has 9 heteroatoms. The summed E-state index contributed by atoms with van der Waals surface area (Å²) in [5.74, 6) is 0.716. The molecule has 0 spiro atoms. The van der Waals surface area contributed by atoms with Crippen LogP contribution in [-0.4, -0.2) is 47.8 Å². The number of likely N-dealkylation sites (N-methyl/N-ethyl adjacent to an activating group) is 1. The van der Waals surface area contributed by atoms with Gasteiger partial charge in [0, 0.05) is 6.54 Å². The lowest BCUT2D eigenvalue weighted by molar-refractivity contribution is -0.122. The molecular formula is C28H26N2O6S. The van der Waals surface area contributed by atoms with Crippen LogP contribution >= 0.6 is 11.8 Å². The van der Waals surface area contributed by atoms with E-state index in [-0.39, 0.29) is 18.1 Å². The van der Waals surface area contributed by atoms with Crippen LogP contribution in [-0.2, 0) is 11.4 Å². The van der Waals surface area contributed by atoms with Crippen LogP contribution in [0.5, 0.6) is 17.2 Å². The van der Waals surface area contributed by atoms with Gasteiger partial charge in [-0.2, -0.15) is 0 Å². The number of benzene rings is 3. The molecule has 3 aromatic rings. The Kier molecular flexibility index (Phi) is 8.15. The Morgan fingerprint density at radius 2 is 1.73 bits per heavy atom. The molecule has 0 bridgehead atoms. The van der Waals surface area contributed by atoms with Crippen molar-refractivity contribution < 1.29 is 28.9 Å². The average Bonchev–Trinajstić information content (AvgIpc) is 3.21. The molecule has 1 N–H and O–H groups in total. The minimum Gasteiger partial charge on any atom is -0.497 e. The molecule has 3 aromatic carbocycles. The van der Waals surface area contributed by atoms with Crippen LogP contribution in [0.4, 0.5) is 5.69 Å². The number of nitrogens with zero attached hydrogens (tertiary/aromatic N) is 2. The van der Waals surface area contributed by atoms with Gasteiger partial charge in [-0.1, -0.05) is 18.2 Å². The molecule has 0 unspecified atom stereocenters. The first-order chi connectivity index (χ1) is 17.9. The van der Waals surface area contributed by atoms with Crippen LogP contribution in [0.15, 0.2) is 76.6 Å². The molecule has 0 atom stereocenters. The van der Waals surface area contributed by atoms with Crippen molar-refractivity contribution in [3.63, 3.8) is 0 Å². The standard InChI is InChI=1S/C28H26N2O6S/c1-4-30-26(31)25(37-28(30)29-21-10-12-22(34-2)13-11-21)16-19-7-14-23(24(15-19)35-3)36-17-18-5-8-20(9-6-18)27(32)33/h5-16H,4,17H2,1-3H3,(H,32,33)/b25-16-,29-28?. The summed E-state index contributed by atoms with van der Waals surface area (Å²) in [5.41, 5.74) is 2.57. The van der Waals surface area contributed by atoms with Crippen molar-refractivity contribution in [3.05, 3.63) is 88.3 Å². The van der Waals surface area contributed by atoms with Crippen molar-refractivity contribution >= 4 is 40.6 Å². The number of hydrogen-bond donors (Lipinski definition) is 1. The van der Waals surface area contributed by atoms with E-state index in [1.165, 1.54) is 23.9 Å². The van der Waals surface area contributed by atoms with Crippen LogP contribution in [0, 0.1) is 0 Å². The van der Waals surface area contributed by atoms with Gasteiger partial charge in [-0.05, 0) is 84.4 Å². The van der Waals surface area contributed by atoms with Crippen LogP contribution in [0.3, 0.4) is 0 Å². The Labute approximate surface area is 219 Å². The maximum absolute atomic E-state index is 13.0. The summed E-state index contributed by atoms with van der Waals surface area (Å²) in [7, 11) is 3.16. The van der Waals surface area contributed by atoms with Gasteiger partial charge in [0.25, 0.3) is 5.91 Å². The second-order valence-electron chi connectivity index (χ2n) is 7.95. The molecule has 0 aliphatic carbocycles. The van der Waals surface area contributed by atoms with Gasteiger partial charge >= 0.3 is 5.97 Å². The van der Waals surface area contributed by atoms with E-state index in [1.54, 1.807) is 43.4 Å². The topological polar surface area (TPSA) is 97.7 Å². The van der Waals surface area contributed by atoms with Crippen molar-refractivity contribution in [1.82, 2.24) is 4.90 Å². The van der Waals surface area contributed by atoms with Crippen LogP contribution in [0.2, 0.25) is 0 Å². The number of ether oxygens (including phenoxy) is 3. The third-order valence-electron chi connectivity index (χ3n) is 5.58. The second-order valence-corrected chi connectivity index (χ2v) is 8.96. The summed E-state index contributed by atoms with van der Waals surface area (Å²) >= 11 is 1.32. The van der Waals surface area contributed by atoms with E-state index in [9.17, 15) is 9.59 Å². The quantitative estimate of drug-likeness (QED) is 0.368. The first kappa shape index (κ1) is 25.8. The smallest absolute Gasteiger partial charge is 0.335 e. The predicted octanol–water partition coefficient (Wildman–Crippen LogP) is 5.60. The van der Waals surface area contributed by atoms with Crippen LogP contribution < -0.4 is 14.2 Å². The number of hydrogen-bond acceptors (Lipinski definition) is 7. The highest BCUT2D eigenvalue weighted by Gasteiger charge is 2.32. The molecule has 37 heavy (non-hydrogen) atoms.